The van der Waals surface area contributed by atoms with E-state index in [1.165, 1.54) is 6.92 Å². The van der Waals surface area contributed by atoms with Crippen LogP contribution in [0.4, 0.5) is 0 Å². The number of carbonyl (C=O) groups excluding carboxylic acids is 2. The van der Waals surface area contributed by atoms with Crippen LogP contribution in [0.15, 0.2) is 24.3 Å². The van der Waals surface area contributed by atoms with Crippen molar-refractivity contribution in [2.45, 2.75) is 39.2 Å². The zero-order valence-corrected chi connectivity index (χ0v) is 11.8. The van der Waals surface area contributed by atoms with Crippen LogP contribution in [0.25, 0.3) is 0 Å². The summed E-state index contributed by atoms with van der Waals surface area (Å²) in [6.45, 7) is 5.86. The molecule has 0 fully saturated rings. The molecule has 0 saturated carbocycles. The van der Waals surface area contributed by atoms with Crippen LogP contribution >= 0.6 is 0 Å². The molecular formula is C15H22N2O2. The lowest BCUT2D eigenvalue weighted by Gasteiger charge is -2.26. The predicted molar refractivity (Wildman–Crippen MR) is 76.3 cm³/mol. The van der Waals surface area contributed by atoms with Crippen molar-refractivity contribution in [1.29, 1.82) is 0 Å². The van der Waals surface area contributed by atoms with Gasteiger partial charge in [-0.1, -0.05) is 32.0 Å². The Labute approximate surface area is 114 Å². The lowest BCUT2D eigenvalue weighted by Crippen LogP contribution is -2.49. The summed E-state index contributed by atoms with van der Waals surface area (Å²) in [4.78, 5) is 23.6. The highest BCUT2D eigenvalue weighted by atomic mass is 16.2. The van der Waals surface area contributed by atoms with Crippen molar-refractivity contribution in [3.63, 3.8) is 0 Å². The SMILES string of the molecule is CCC(N)(CC)CNC(=O)c1ccccc1C(C)=O. The maximum atomic E-state index is 12.1. The van der Waals surface area contributed by atoms with Crippen LogP contribution in [0, 0.1) is 0 Å². The number of carbonyl (C=O) groups is 2. The maximum Gasteiger partial charge on any atom is 0.252 e. The van der Waals surface area contributed by atoms with Gasteiger partial charge in [0.25, 0.3) is 5.91 Å². The third-order valence-electron chi connectivity index (χ3n) is 3.56. The van der Waals surface area contributed by atoms with Crippen LogP contribution in [0.5, 0.6) is 0 Å². The third kappa shape index (κ3) is 3.89. The van der Waals surface area contributed by atoms with Crippen LogP contribution in [-0.4, -0.2) is 23.8 Å². The lowest BCUT2D eigenvalue weighted by atomic mass is 9.94. The Balaban J connectivity index is 2.82. The molecule has 0 aliphatic rings. The van der Waals surface area contributed by atoms with E-state index >= 15 is 0 Å². The van der Waals surface area contributed by atoms with Gasteiger partial charge in [-0.15, -0.1) is 0 Å². The van der Waals surface area contributed by atoms with Gasteiger partial charge in [-0.2, -0.15) is 0 Å². The molecule has 0 aliphatic heterocycles. The topological polar surface area (TPSA) is 72.2 Å². The molecule has 0 aromatic heterocycles. The quantitative estimate of drug-likeness (QED) is 0.771. The highest BCUT2D eigenvalue weighted by Crippen LogP contribution is 2.12. The molecule has 0 heterocycles. The molecule has 4 heteroatoms. The molecule has 19 heavy (non-hydrogen) atoms. The van der Waals surface area contributed by atoms with Crippen molar-refractivity contribution in [1.82, 2.24) is 5.32 Å². The van der Waals surface area contributed by atoms with Gasteiger partial charge in [-0.05, 0) is 25.8 Å². The van der Waals surface area contributed by atoms with Gasteiger partial charge in [0.05, 0.1) is 5.56 Å². The Morgan fingerprint density at radius 3 is 2.16 bits per heavy atom. The van der Waals surface area contributed by atoms with Gasteiger partial charge in [0, 0.05) is 17.6 Å². The summed E-state index contributed by atoms with van der Waals surface area (Å²) in [5.41, 5.74) is 6.60. The van der Waals surface area contributed by atoms with Crippen LogP contribution in [-0.2, 0) is 0 Å². The Morgan fingerprint density at radius 1 is 1.16 bits per heavy atom. The Kier molecular flexibility index (Phi) is 5.24. The Hall–Kier alpha value is -1.68. The second-order valence-electron chi connectivity index (χ2n) is 4.85. The summed E-state index contributed by atoms with van der Waals surface area (Å²) in [6, 6.07) is 6.81. The number of rotatable bonds is 6. The van der Waals surface area contributed by atoms with E-state index in [-0.39, 0.29) is 17.2 Å². The van der Waals surface area contributed by atoms with Gasteiger partial charge in [0.15, 0.2) is 5.78 Å². The highest BCUT2D eigenvalue weighted by Gasteiger charge is 2.22. The van der Waals surface area contributed by atoms with Gasteiger partial charge in [0.2, 0.25) is 0 Å². The number of hydrogen-bond donors (Lipinski definition) is 2. The zero-order chi connectivity index (χ0) is 14.5. The summed E-state index contributed by atoms with van der Waals surface area (Å²) in [5, 5.41) is 2.82. The molecule has 1 aromatic carbocycles. The first-order chi connectivity index (χ1) is 8.93. The van der Waals surface area contributed by atoms with E-state index in [1.807, 2.05) is 13.8 Å². The predicted octanol–water partition coefficient (Wildman–Crippen LogP) is 2.14. The number of nitrogens with two attached hydrogens (primary N) is 1. The molecular weight excluding hydrogens is 240 g/mol. The van der Waals surface area contributed by atoms with Gasteiger partial charge < -0.3 is 11.1 Å². The first-order valence-corrected chi connectivity index (χ1v) is 6.60. The standard InChI is InChI=1S/C15H22N2O2/c1-4-15(16,5-2)10-17-14(19)13-9-7-6-8-12(13)11(3)18/h6-9H,4-5,10,16H2,1-3H3,(H,17,19). The van der Waals surface area contributed by atoms with E-state index < -0.39 is 0 Å². The number of ketones is 1. The molecule has 1 rings (SSSR count). The summed E-state index contributed by atoms with van der Waals surface area (Å²) >= 11 is 0. The van der Waals surface area contributed by atoms with E-state index in [0.717, 1.165) is 12.8 Å². The number of nitrogens with one attached hydrogen (secondary N) is 1. The molecule has 0 atom stereocenters. The molecule has 0 spiro atoms. The molecule has 0 unspecified atom stereocenters. The largest absolute Gasteiger partial charge is 0.350 e. The van der Waals surface area contributed by atoms with Gasteiger partial charge in [-0.3, -0.25) is 9.59 Å². The third-order valence-corrected chi connectivity index (χ3v) is 3.56. The molecule has 0 radical (unpaired) electrons. The van der Waals surface area contributed by atoms with E-state index in [1.54, 1.807) is 24.3 Å². The summed E-state index contributed by atoms with van der Waals surface area (Å²) in [7, 11) is 0. The van der Waals surface area contributed by atoms with Crippen LogP contribution in [0.2, 0.25) is 0 Å². The van der Waals surface area contributed by atoms with Crippen molar-refractivity contribution in [2.75, 3.05) is 6.54 Å². The maximum absolute atomic E-state index is 12.1. The van der Waals surface area contributed by atoms with E-state index in [4.69, 9.17) is 5.73 Å². The summed E-state index contributed by atoms with van der Waals surface area (Å²) in [5.74, 6) is -0.363. The minimum atomic E-state index is -0.388. The highest BCUT2D eigenvalue weighted by molar-refractivity contribution is 6.07. The van der Waals surface area contributed by atoms with E-state index in [2.05, 4.69) is 5.32 Å². The molecule has 1 amide bonds. The number of Topliss-reactive ketones (excluding diaryl/α,β-unsaturated/α-hetero) is 1. The normalized spacial score (nSPS) is 11.2. The number of amides is 1. The average Bonchev–Trinajstić information content (AvgIpc) is 2.44. The Bertz CT molecular complexity index is 465. The molecule has 0 saturated heterocycles. The van der Waals surface area contributed by atoms with Gasteiger partial charge in [0.1, 0.15) is 0 Å². The second kappa shape index (κ2) is 6.48. The van der Waals surface area contributed by atoms with E-state index in [9.17, 15) is 9.59 Å². The minimum absolute atomic E-state index is 0.115. The van der Waals surface area contributed by atoms with Crippen molar-refractivity contribution in [3.05, 3.63) is 35.4 Å². The molecule has 3 N–H and O–H groups in total. The number of benzene rings is 1. The molecule has 104 valence electrons. The average molecular weight is 262 g/mol. The fourth-order valence-electron chi connectivity index (χ4n) is 1.84. The van der Waals surface area contributed by atoms with Crippen LogP contribution in [0.1, 0.15) is 54.3 Å². The lowest BCUT2D eigenvalue weighted by molar-refractivity contribution is 0.0929. The molecule has 0 aliphatic carbocycles. The first kappa shape index (κ1) is 15.4. The smallest absolute Gasteiger partial charge is 0.252 e. The fourth-order valence-corrected chi connectivity index (χ4v) is 1.84. The van der Waals surface area contributed by atoms with Gasteiger partial charge >= 0.3 is 0 Å². The van der Waals surface area contributed by atoms with Crippen molar-refractivity contribution >= 4 is 11.7 Å². The minimum Gasteiger partial charge on any atom is -0.350 e. The van der Waals surface area contributed by atoms with Crippen LogP contribution < -0.4 is 11.1 Å². The second-order valence-corrected chi connectivity index (χ2v) is 4.85. The number of hydrogen-bond acceptors (Lipinski definition) is 3. The van der Waals surface area contributed by atoms with Crippen molar-refractivity contribution in [3.8, 4) is 0 Å². The zero-order valence-electron chi connectivity index (χ0n) is 11.8. The first-order valence-electron chi connectivity index (χ1n) is 6.60. The Morgan fingerprint density at radius 2 is 1.68 bits per heavy atom. The summed E-state index contributed by atoms with van der Waals surface area (Å²) in [6.07, 6.45) is 1.58. The molecule has 0 bridgehead atoms. The monoisotopic (exact) mass is 262 g/mol. The van der Waals surface area contributed by atoms with E-state index in [0.29, 0.717) is 17.7 Å². The molecule has 4 nitrogen and oxygen atoms in total. The fraction of sp³-hybridized carbons (Fsp3) is 0.467. The van der Waals surface area contributed by atoms with Crippen molar-refractivity contribution in [2.24, 2.45) is 5.73 Å². The van der Waals surface area contributed by atoms with Crippen molar-refractivity contribution < 1.29 is 9.59 Å². The van der Waals surface area contributed by atoms with Crippen LogP contribution in [0.3, 0.4) is 0 Å². The summed E-state index contributed by atoms with van der Waals surface area (Å²) < 4.78 is 0. The molecule has 1 aromatic rings. The van der Waals surface area contributed by atoms with Gasteiger partial charge in [-0.25, -0.2) is 0 Å².